The molecule has 1 N–H and O–H groups in total. The molecule has 0 unspecified atom stereocenters. The van der Waals surface area contributed by atoms with Gasteiger partial charge < -0.3 is 4.90 Å². The third kappa shape index (κ3) is 2.38. The minimum absolute atomic E-state index is 0.779. The van der Waals surface area contributed by atoms with Gasteiger partial charge in [0.1, 0.15) is 5.84 Å². The van der Waals surface area contributed by atoms with Crippen molar-refractivity contribution in [2.45, 2.75) is 26.2 Å². The molecule has 0 radical (unpaired) electrons. The molecule has 0 bridgehead atoms. The molecule has 1 heterocycles. The summed E-state index contributed by atoms with van der Waals surface area (Å²) in [5, 5.41) is 8.05. The molecule has 0 spiro atoms. The number of amidine groups is 1. The van der Waals surface area contributed by atoms with Crippen LogP contribution in [0.3, 0.4) is 0 Å². The van der Waals surface area contributed by atoms with E-state index in [4.69, 9.17) is 5.41 Å². The van der Waals surface area contributed by atoms with Crippen molar-refractivity contribution in [2.75, 3.05) is 13.1 Å². The lowest BCUT2D eigenvalue weighted by atomic mass is 10.1. The Kier molecular flexibility index (Phi) is 3.05. The highest BCUT2D eigenvalue weighted by Crippen LogP contribution is 2.13. The quantitative estimate of drug-likeness (QED) is 0.579. The summed E-state index contributed by atoms with van der Waals surface area (Å²) in [7, 11) is 0. The first-order valence-electron chi connectivity index (χ1n) is 5.64. The van der Waals surface area contributed by atoms with Crippen LogP contribution in [-0.2, 0) is 6.42 Å². The van der Waals surface area contributed by atoms with Crippen LogP contribution in [-0.4, -0.2) is 23.8 Å². The van der Waals surface area contributed by atoms with Crippen LogP contribution in [0.15, 0.2) is 24.3 Å². The number of rotatable bonds is 2. The first kappa shape index (κ1) is 10.2. The van der Waals surface area contributed by atoms with E-state index in [1.807, 2.05) is 0 Å². The molecule has 0 aromatic heterocycles. The van der Waals surface area contributed by atoms with Crippen LogP contribution in [0.25, 0.3) is 0 Å². The number of nitrogens with zero attached hydrogens (tertiary/aromatic N) is 1. The average molecular weight is 202 g/mol. The highest BCUT2D eigenvalue weighted by atomic mass is 15.2. The highest BCUT2D eigenvalue weighted by Gasteiger charge is 2.15. The smallest absolute Gasteiger partial charge is 0.100 e. The maximum absolute atomic E-state index is 8.05. The molecule has 0 aliphatic carbocycles. The molecule has 80 valence electrons. The van der Waals surface area contributed by atoms with E-state index in [0.29, 0.717) is 0 Å². The fourth-order valence-corrected chi connectivity index (χ4v) is 2.09. The predicted octanol–water partition coefficient (Wildman–Crippen LogP) is 2.61. The van der Waals surface area contributed by atoms with Gasteiger partial charge >= 0.3 is 0 Å². The van der Waals surface area contributed by atoms with E-state index in [2.05, 4.69) is 36.1 Å². The van der Waals surface area contributed by atoms with Crippen molar-refractivity contribution < 1.29 is 0 Å². The van der Waals surface area contributed by atoms with Crippen LogP contribution in [0, 0.1) is 12.3 Å². The van der Waals surface area contributed by atoms with E-state index >= 15 is 0 Å². The molecule has 0 amide bonds. The summed E-state index contributed by atoms with van der Waals surface area (Å²) in [4.78, 5) is 2.20. The fraction of sp³-hybridized carbons (Fsp3) is 0.462. The summed E-state index contributed by atoms with van der Waals surface area (Å²) >= 11 is 0. The van der Waals surface area contributed by atoms with Crippen LogP contribution in [0.4, 0.5) is 0 Å². The third-order valence-electron chi connectivity index (χ3n) is 3.11. The zero-order valence-electron chi connectivity index (χ0n) is 9.29. The largest absolute Gasteiger partial charge is 0.360 e. The average Bonchev–Trinajstić information content (AvgIpc) is 2.74. The monoisotopic (exact) mass is 202 g/mol. The maximum Gasteiger partial charge on any atom is 0.100 e. The Bertz CT molecular complexity index is 351. The van der Waals surface area contributed by atoms with E-state index in [1.54, 1.807) is 0 Å². The zero-order valence-corrected chi connectivity index (χ0v) is 9.29. The number of hydrogen-bond donors (Lipinski definition) is 1. The molecule has 1 aromatic rings. The van der Waals surface area contributed by atoms with Crippen molar-refractivity contribution in [2.24, 2.45) is 0 Å². The SMILES string of the molecule is Cc1ccccc1CC(=N)N1CCCC1. The molecule has 1 fully saturated rings. The van der Waals surface area contributed by atoms with E-state index in [-0.39, 0.29) is 0 Å². The van der Waals surface area contributed by atoms with Gasteiger partial charge in [0.25, 0.3) is 0 Å². The second kappa shape index (κ2) is 4.47. The molecule has 2 nitrogen and oxygen atoms in total. The van der Waals surface area contributed by atoms with E-state index in [9.17, 15) is 0 Å². The van der Waals surface area contributed by atoms with Gasteiger partial charge in [-0.25, -0.2) is 0 Å². The van der Waals surface area contributed by atoms with Crippen molar-refractivity contribution in [1.29, 1.82) is 5.41 Å². The second-order valence-electron chi connectivity index (χ2n) is 4.24. The molecule has 0 saturated carbocycles. The minimum Gasteiger partial charge on any atom is -0.360 e. The van der Waals surface area contributed by atoms with Gasteiger partial charge in [-0.2, -0.15) is 0 Å². The van der Waals surface area contributed by atoms with Gasteiger partial charge in [0, 0.05) is 19.5 Å². The molecule has 2 heteroatoms. The number of aryl methyl sites for hydroxylation is 1. The van der Waals surface area contributed by atoms with E-state index in [1.165, 1.54) is 24.0 Å². The molecule has 15 heavy (non-hydrogen) atoms. The van der Waals surface area contributed by atoms with Gasteiger partial charge in [-0.3, -0.25) is 5.41 Å². The minimum atomic E-state index is 0.779. The molecule has 0 atom stereocenters. The summed E-state index contributed by atoms with van der Waals surface area (Å²) in [5.74, 6) is 0.779. The first-order chi connectivity index (χ1) is 7.27. The molecule has 1 saturated heterocycles. The normalized spacial score (nSPS) is 15.7. The van der Waals surface area contributed by atoms with Crippen molar-refractivity contribution in [3.63, 3.8) is 0 Å². The first-order valence-corrected chi connectivity index (χ1v) is 5.64. The highest BCUT2D eigenvalue weighted by molar-refractivity contribution is 5.82. The van der Waals surface area contributed by atoms with Crippen LogP contribution >= 0.6 is 0 Å². The Morgan fingerprint density at radius 2 is 1.93 bits per heavy atom. The van der Waals surface area contributed by atoms with Crippen LogP contribution in [0.5, 0.6) is 0 Å². The molecular formula is C13H18N2. The van der Waals surface area contributed by atoms with Gasteiger partial charge in [-0.15, -0.1) is 0 Å². The Morgan fingerprint density at radius 3 is 2.60 bits per heavy atom. The molecule has 1 aliphatic rings. The van der Waals surface area contributed by atoms with Gasteiger partial charge in [-0.05, 0) is 30.9 Å². The van der Waals surface area contributed by atoms with Crippen molar-refractivity contribution in [3.05, 3.63) is 35.4 Å². The maximum atomic E-state index is 8.05. The summed E-state index contributed by atoms with van der Waals surface area (Å²) < 4.78 is 0. The van der Waals surface area contributed by atoms with E-state index < -0.39 is 0 Å². The summed E-state index contributed by atoms with van der Waals surface area (Å²) in [6, 6.07) is 8.35. The van der Waals surface area contributed by atoms with Gasteiger partial charge in [0.2, 0.25) is 0 Å². The Balaban J connectivity index is 2.02. The van der Waals surface area contributed by atoms with Crippen LogP contribution in [0.1, 0.15) is 24.0 Å². The second-order valence-corrected chi connectivity index (χ2v) is 4.24. The number of benzene rings is 1. The lowest BCUT2D eigenvalue weighted by Crippen LogP contribution is -2.28. The van der Waals surface area contributed by atoms with Crippen LogP contribution < -0.4 is 0 Å². The Hall–Kier alpha value is -1.31. The van der Waals surface area contributed by atoms with Crippen molar-refractivity contribution in [1.82, 2.24) is 4.90 Å². The standard InChI is InChI=1S/C13H18N2/c1-11-6-2-3-7-12(11)10-13(14)15-8-4-5-9-15/h2-3,6-7,14H,4-5,8-10H2,1H3. The molecule has 1 aromatic carbocycles. The van der Waals surface area contributed by atoms with Gasteiger partial charge in [-0.1, -0.05) is 24.3 Å². The third-order valence-corrected chi connectivity index (χ3v) is 3.11. The van der Waals surface area contributed by atoms with Gasteiger partial charge in [0.05, 0.1) is 0 Å². The van der Waals surface area contributed by atoms with Crippen molar-refractivity contribution in [3.8, 4) is 0 Å². The lowest BCUT2D eigenvalue weighted by Gasteiger charge is -2.19. The number of likely N-dealkylation sites (tertiary alicyclic amines) is 1. The lowest BCUT2D eigenvalue weighted by molar-refractivity contribution is 0.506. The fourth-order valence-electron chi connectivity index (χ4n) is 2.09. The Morgan fingerprint density at radius 1 is 1.27 bits per heavy atom. The zero-order chi connectivity index (χ0) is 10.7. The molecular weight excluding hydrogens is 184 g/mol. The number of hydrogen-bond acceptors (Lipinski definition) is 1. The van der Waals surface area contributed by atoms with Crippen LogP contribution in [0.2, 0.25) is 0 Å². The predicted molar refractivity (Wildman–Crippen MR) is 63.4 cm³/mol. The van der Waals surface area contributed by atoms with Gasteiger partial charge in [0.15, 0.2) is 0 Å². The number of nitrogens with one attached hydrogen (secondary N) is 1. The van der Waals surface area contributed by atoms with E-state index in [0.717, 1.165) is 25.3 Å². The summed E-state index contributed by atoms with van der Waals surface area (Å²) in [6.45, 7) is 4.27. The van der Waals surface area contributed by atoms with Crippen molar-refractivity contribution >= 4 is 5.84 Å². The molecule has 2 rings (SSSR count). The Labute approximate surface area is 91.4 Å². The molecule has 1 aliphatic heterocycles. The summed E-state index contributed by atoms with van der Waals surface area (Å²) in [5.41, 5.74) is 2.58. The topological polar surface area (TPSA) is 27.1 Å². The summed E-state index contributed by atoms with van der Waals surface area (Å²) in [6.07, 6.45) is 3.28.